The predicted octanol–water partition coefficient (Wildman–Crippen LogP) is 15.3. The van der Waals surface area contributed by atoms with Crippen LogP contribution in [0.1, 0.15) is 5.56 Å². The van der Waals surface area contributed by atoms with Gasteiger partial charge in [0.15, 0.2) is 5.82 Å². The molecular formula is C60H39N5. The van der Waals surface area contributed by atoms with E-state index in [4.69, 9.17) is 19.9 Å². The zero-order valence-electron chi connectivity index (χ0n) is 35.5. The lowest BCUT2D eigenvalue weighted by atomic mass is 9.96. The molecule has 304 valence electrons. The van der Waals surface area contributed by atoms with Crippen LogP contribution in [-0.4, -0.2) is 24.9 Å². The van der Waals surface area contributed by atoms with Crippen LogP contribution >= 0.6 is 0 Å². The van der Waals surface area contributed by atoms with Crippen LogP contribution in [0.15, 0.2) is 219 Å². The highest BCUT2D eigenvalue weighted by Gasteiger charge is 2.15. The SMILES string of the molecule is Cc1cc(-c2cccc(-c3cccc(-c4cc(-c5cccc(-c6cccc7cnccc67)c5)nc(-c5ccccc5)n4)c3)c2)nc2c1ccc1ccc(-c3ccc4ccccc4c3)nc12. The van der Waals surface area contributed by atoms with Gasteiger partial charge in [-0.25, -0.2) is 19.9 Å². The van der Waals surface area contributed by atoms with Gasteiger partial charge in [0.2, 0.25) is 0 Å². The Bertz CT molecular complexity index is 3800. The van der Waals surface area contributed by atoms with E-state index >= 15 is 0 Å². The summed E-state index contributed by atoms with van der Waals surface area (Å²) in [6.07, 6.45) is 3.77. The van der Waals surface area contributed by atoms with Crippen LogP contribution < -0.4 is 0 Å². The van der Waals surface area contributed by atoms with Crippen LogP contribution in [0.2, 0.25) is 0 Å². The molecule has 12 aromatic rings. The maximum Gasteiger partial charge on any atom is 0.160 e. The van der Waals surface area contributed by atoms with Gasteiger partial charge in [0, 0.05) is 56.4 Å². The van der Waals surface area contributed by atoms with Crippen molar-refractivity contribution in [2.45, 2.75) is 6.92 Å². The second-order valence-corrected chi connectivity index (χ2v) is 16.6. The molecule has 0 saturated heterocycles. The lowest BCUT2D eigenvalue weighted by Gasteiger charge is -2.13. The van der Waals surface area contributed by atoms with Gasteiger partial charge in [-0.2, -0.15) is 0 Å². The van der Waals surface area contributed by atoms with E-state index in [1.165, 1.54) is 10.8 Å². The summed E-state index contributed by atoms with van der Waals surface area (Å²) in [6.45, 7) is 2.16. The van der Waals surface area contributed by atoms with Crippen molar-refractivity contribution in [3.8, 4) is 78.7 Å². The van der Waals surface area contributed by atoms with Crippen molar-refractivity contribution < 1.29 is 0 Å². The average molecular weight is 830 g/mol. The molecule has 0 bridgehead atoms. The van der Waals surface area contributed by atoms with Crippen molar-refractivity contribution in [2.24, 2.45) is 0 Å². The van der Waals surface area contributed by atoms with Crippen LogP contribution in [0.25, 0.3) is 122 Å². The summed E-state index contributed by atoms with van der Waals surface area (Å²) in [7, 11) is 0. The van der Waals surface area contributed by atoms with E-state index in [0.29, 0.717) is 5.82 Å². The van der Waals surface area contributed by atoms with Gasteiger partial charge in [-0.15, -0.1) is 0 Å². The molecule has 8 aromatic carbocycles. The number of rotatable bonds is 7. The van der Waals surface area contributed by atoms with Crippen molar-refractivity contribution >= 4 is 43.4 Å². The number of fused-ring (bicyclic) bond motifs is 5. The van der Waals surface area contributed by atoms with Gasteiger partial charge >= 0.3 is 0 Å². The smallest absolute Gasteiger partial charge is 0.160 e. The first kappa shape index (κ1) is 38.0. The van der Waals surface area contributed by atoms with Crippen molar-refractivity contribution in [2.75, 3.05) is 0 Å². The van der Waals surface area contributed by atoms with E-state index in [9.17, 15) is 0 Å². The highest BCUT2D eigenvalue weighted by Crippen LogP contribution is 2.36. The fraction of sp³-hybridized carbons (Fsp3) is 0.0167. The second-order valence-electron chi connectivity index (χ2n) is 16.6. The topological polar surface area (TPSA) is 64.5 Å². The number of aryl methyl sites for hydroxylation is 1. The first-order valence-corrected chi connectivity index (χ1v) is 21.9. The van der Waals surface area contributed by atoms with Gasteiger partial charge < -0.3 is 0 Å². The molecular weight excluding hydrogens is 791 g/mol. The first-order valence-electron chi connectivity index (χ1n) is 21.9. The Hall–Kier alpha value is -8.67. The van der Waals surface area contributed by atoms with E-state index < -0.39 is 0 Å². The monoisotopic (exact) mass is 829 g/mol. The number of benzene rings is 8. The Morgan fingerprint density at radius 3 is 1.65 bits per heavy atom. The van der Waals surface area contributed by atoms with Crippen molar-refractivity contribution in [1.82, 2.24) is 24.9 Å². The Kier molecular flexibility index (Phi) is 9.31. The molecule has 0 aliphatic rings. The third-order valence-corrected chi connectivity index (χ3v) is 12.4. The Morgan fingerprint density at radius 1 is 0.308 bits per heavy atom. The minimum atomic E-state index is 0.677. The average Bonchev–Trinajstić information content (AvgIpc) is 3.38. The molecule has 65 heavy (non-hydrogen) atoms. The zero-order valence-corrected chi connectivity index (χ0v) is 35.5. The minimum absolute atomic E-state index is 0.677. The van der Waals surface area contributed by atoms with E-state index in [0.717, 1.165) is 111 Å². The second kappa shape index (κ2) is 15.9. The number of nitrogens with zero attached hydrogens (tertiary/aromatic N) is 5. The summed E-state index contributed by atoms with van der Waals surface area (Å²) < 4.78 is 0. The van der Waals surface area contributed by atoms with Gasteiger partial charge in [-0.05, 0) is 99.4 Å². The summed E-state index contributed by atoms with van der Waals surface area (Å²) in [6, 6.07) is 72.5. The highest BCUT2D eigenvalue weighted by atomic mass is 14.9. The van der Waals surface area contributed by atoms with E-state index in [1.807, 2.05) is 30.6 Å². The third kappa shape index (κ3) is 7.15. The molecule has 0 amide bonds. The third-order valence-electron chi connectivity index (χ3n) is 12.4. The van der Waals surface area contributed by atoms with Crippen LogP contribution in [0.4, 0.5) is 0 Å². The molecule has 4 aromatic heterocycles. The first-order chi connectivity index (χ1) is 32.1. The van der Waals surface area contributed by atoms with Crippen LogP contribution in [0, 0.1) is 6.92 Å². The molecule has 5 heteroatoms. The number of pyridine rings is 3. The predicted molar refractivity (Wildman–Crippen MR) is 268 cm³/mol. The van der Waals surface area contributed by atoms with Crippen molar-refractivity contribution in [1.29, 1.82) is 0 Å². The summed E-state index contributed by atoms with van der Waals surface area (Å²) >= 11 is 0. The number of aromatic nitrogens is 5. The van der Waals surface area contributed by atoms with E-state index in [1.54, 1.807) is 0 Å². The van der Waals surface area contributed by atoms with E-state index in [2.05, 4.69) is 200 Å². The quantitative estimate of drug-likeness (QED) is 0.150. The number of hydrogen-bond donors (Lipinski definition) is 0. The molecule has 0 fully saturated rings. The van der Waals surface area contributed by atoms with Gasteiger partial charge in [-0.3, -0.25) is 4.98 Å². The lowest BCUT2D eigenvalue weighted by molar-refractivity contribution is 1.18. The van der Waals surface area contributed by atoms with E-state index in [-0.39, 0.29) is 0 Å². The molecule has 4 heterocycles. The molecule has 0 spiro atoms. The van der Waals surface area contributed by atoms with Crippen molar-refractivity contribution in [3.63, 3.8) is 0 Å². The standard InChI is InChI=1S/C60H39N5/c1-38-31-55(63-59-51(38)27-25-40-26-28-54(62-58(40)59)49-24-23-39-11-5-6-14-42(39)32-49)46-18-7-15-43(33-46)44-16-8-19-47(34-44)56-36-57(65-60(64-56)41-12-3-2-4-13-41)48-20-9-17-45(35-48)52-22-10-21-50-37-61-30-29-53(50)52/h2-37H,1H3. The molecule has 0 saturated carbocycles. The van der Waals surface area contributed by atoms with Crippen LogP contribution in [-0.2, 0) is 0 Å². The minimum Gasteiger partial charge on any atom is -0.264 e. The summed E-state index contributed by atoms with van der Waals surface area (Å²) in [4.78, 5) is 25.3. The fourth-order valence-corrected chi connectivity index (χ4v) is 9.09. The van der Waals surface area contributed by atoms with Gasteiger partial charge in [0.25, 0.3) is 0 Å². The molecule has 12 rings (SSSR count). The Balaban J connectivity index is 0.924. The van der Waals surface area contributed by atoms with Crippen molar-refractivity contribution in [3.05, 3.63) is 224 Å². The lowest BCUT2D eigenvalue weighted by Crippen LogP contribution is -1.96. The van der Waals surface area contributed by atoms with Crippen LogP contribution in [0.3, 0.4) is 0 Å². The molecule has 0 atom stereocenters. The number of hydrogen-bond acceptors (Lipinski definition) is 5. The molecule has 0 N–H and O–H groups in total. The summed E-state index contributed by atoms with van der Waals surface area (Å²) in [5.74, 6) is 0.677. The molecule has 5 nitrogen and oxygen atoms in total. The van der Waals surface area contributed by atoms with Gasteiger partial charge in [-0.1, -0.05) is 158 Å². The molecule has 0 radical (unpaired) electrons. The highest BCUT2D eigenvalue weighted by molar-refractivity contribution is 6.05. The Labute approximate surface area is 376 Å². The maximum absolute atomic E-state index is 5.35. The molecule has 0 aliphatic carbocycles. The van der Waals surface area contributed by atoms with Crippen LogP contribution in [0.5, 0.6) is 0 Å². The largest absolute Gasteiger partial charge is 0.264 e. The fourth-order valence-electron chi connectivity index (χ4n) is 9.09. The Morgan fingerprint density at radius 2 is 0.877 bits per heavy atom. The molecule has 0 unspecified atom stereocenters. The summed E-state index contributed by atoms with van der Waals surface area (Å²) in [5.41, 5.74) is 16.1. The molecule has 0 aliphatic heterocycles. The maximum atomic E-state index is 5.35. The zero-order chi connectivity index (χ0) is 43.3. The normalized spacial score (nSPS) is 11.5. The summed E-state index contributed by atoms with van der Waals surface area (Å²) in [5, 5.41) is 6.85. The van der Waals surface area contributed by atoms with Gasteiger partial charge in [0.05, 0.1) is 33.8 Å². The van der Waals surface area contributed by atoms with Gasteiger partial charge in [0.1, 0.15) is 0 Å².